The predicted octanol–water partition coefficient (Wildman–Crippen LogP) is 0.998. The fraction of sp³-hybridized carbons (Fsp3) is 0.909. The first-order chi connectivity index (χ1) is 7.36. The Balaban J connectivity index is 1.66. The van der Waals surface area contributed by atoms with Crippen LogP contribution >= 0.6 is 11.8 Å². The fourth-order valence-corrected chi connectivity index (χ4v) is 3.42. The van der Waals surface area contributed by atoms with Crippen molar-refractivity contribution in [1.82, 2.24) is 10.6 Å². The average molecular weight is 228 g/mol. The van der Waals surface area contributed by atoms with Crippen LogP contribution in [0.2, 0.25) is 0 Å². The van der Waals surface area contributed by atoms with E-state index in [1.54, 1.807) is 0 Å². The van der Waals surface area contributed by atoms with Gasteiger partial charge in [-0.25, -0.2) is 0 Å². The molecule has 2 atom stereocenters. The van der Waals surface area contributed by atoms with E-state index in [1.807, 2.05) is 11.8 Å². The SMILES string of the molecule is O=C(NCC1CCNC1)C1CCCCS1. The van der Waals surface area contributed by atoms with Crippen LogP contribution in [-0.2, 0) is 4.79 Å². The van der Waals surface area contributed by atoms with Gasteiger partial charge < -0.3 is 10.6 Å². The van der Waals surface area contributed by atoms with Gasteiger partial charge in [0, 0.05) is 6.54 Å². The second-order valence-corrected chi connectivity index (χ2v) is 5.77. The molecule has 2 N–H and O–H groups in total. The molecule has 0 bridgehead atoms. The molecule has 0 aromatic rings. The number of carbonyl (C=O) groups is 1. The molecule has 0 aromatic carbocycles. The van der Waals surface area contributed by atoms with E-state index >= 15 is 0 Å². The van der Waals surface area contributed by atoms with Gasteiger partial charge in [0.25, 0.3) is 0 Å². The van der Waals surface area contributed by atoms with Gasteiger partial charge in [0.1, 0.15) is 0 Å². The van der Waals surface area contributed by atoms with E-state index in [2.05, 4.69) is 10.6 Å². The quantitative estimate of drug-likeness (QED) is 0.757. The van der Waals surface area contributed by atoms with Crippen molar-refractivity contribution in [2.75, 3.05) is 25.4 Å². The third kappa shape index (κ3) is 3.38. The lowest BCUT2D eigenvalue weighted by atomic mass is 10.1. The van der Waals surface area contributed by atoms with Crippen molar-refractivity contribution in [3.8, 4) is 0 Å². The van der Waals surface area contributed by atoms with Crippen molar-refractivity contribution in [1.29, 1.82) is 0 Å². The summed E-state index contributed by atoms with van der Waals surface area (Å²) in [5, 5.41) is 6.64. The molecule has 4 heteroatoms. The number of hydrogen-bond donors (Lipinski definition) is 2. The van der Waals surface area contributed by atoms with E-state index in [1.165, 1.54) is 19.3 Å². The van der Waals surface area contributed by atoms with Gasteiger partial charge in [0.05, 0.1) is 5.25 Å². The van der Waals surface area contributed by atoms with Crippen LogP contribution in [0, 0.1) is 5.92 Å². The highest BCUT2D eigenvalue weighted by Crippen LogP contribution is 2.25. The average Bonchev–Trinajstić information content (AvgIpc) is 2.80. The molecule has 2 aliphatic rings. The van der Waals surface area contributed by atoms with Gasteiger partial charge in [0.2, 0.25) is 5.91 Å². The molecule has 3 nitrogen and oxygen atoms in total. The predicted molar refractivity (Wildman–Crippen MR) is 64.1 cm³/mol. The minimum atomic E-state index is 0.230. The smallest absolute Gasteiger partial charge is 0.233 e. The minimum absolute atomic E-state index is 0.230. The molecule has 15 heavy (non-hydrogen) atoms. The number of rotatable bonds is 3. The summed E-state index contributed by atoms with van der Waals surface area (Å²) >= 11 is 1.83. The Kier molecular flexibility index (Phi) is 4.32. The third-order valence-electron chi connectivity index (χ3n) is 3.20. The van der Waals surface area contributed by atoms with Crippen molar-refractivity contribution >= 4 is 17.7 Å². The van der Waals surface area contributed by atoms with E-state index in [0.29, 0.717) is 5.92 Å². The second kappa shape index (κ2) is 5.75. The van der Waals surface area contributed by atoms with Crippen LogP contribution < -0.4 is 10.6 Å². The van der Waals surface area contributed by atoms with Crippen LogP contribution in [0.5, 0.6) is 0 Å². The fourth-order valence-electron chi connectivity index (χ4n) is 2.19. The van der Waals surface area contributed by atoms with Crippen LogP contribution in [0.4, 0.5) is 0 Å². The normalized spacial score (nSPS) is 31.5. The number of nitrogens with one attached hydrogen (secondary N) is 2. The van der Waals surface area contributed by atoms with Gasteiger partial charge in [-0.2, -0.15) is 0 Å². The van der Waals surface area contributed by atoms with Crippen molar-refractivity contribution in [3.05, 3.63) is 0 Å². The van der Waals surface area contributed by atoms with Crippen LogP contribution in [0.1, 0.15) is 25.7 Å². The van der Waals surface area contributed by atoms with Crippen molar-refractivity contribution in [2.45, 2.75) is 30.9 Å². The van der Waals surface area contributed by atoms with Gasteiger partial charge in [-0.15, -0.1) is 11.8 Å². The zero-order valence-electron chi connectivity index (χ0n) is 9.13. The van der Waals surface area contributed by atoms with Gasteiger partial charge in [-0.3, -0.25) is 4.79 Å². The Morgan fingerprint density at radius 3 is 3.00 bits per heavy atom. The summed E-state index contributed by atoms with van der Waals surface area (Å²) in [6, 6.07) is 0. The Bertz CT molecular complexity index is 211. The van der Waals surface area contributed by atoms with Gasteiger partial charge >= 0.3 is 0 Å². The van der Waals surface area contributed by atoms with Gasteiger partial charge in [0.15, 0.2) is 0 Å². The second-order valence-electron chi connectivity index (χ2n) is 4.46. The Labute approximate surface area is 95.8 Å². The maximum Gasteiger partial charge on any atom is 0.233 e. The highest BCUT2D eigenvalue weighted by atomic mass is 32.2. The lowest BCUT2D eigenvalue weighted by Crippen LogP contribution is -2.37. The molecular formula is C11H20N2OS. The lowest BCUT2D eigenvalue weighted by Gasteiger charge is -2.21. The molecule has 0 aliphatic carbocycles. The third-order valence-corrected chi connectivity index (χ3v) is 4.58. The zero-order valence-corrected chi connectivity index (χ0v) is 9.94. The Morgan fingerprint density at radius 2 is 2.33 bits per heavy atom. The van der Waals surface area contributed by atoms with Crippen LogP contribution in [-0.4, -0.2) is 36.5 Å². The summed E-state index contributed by atoms with van der Waals surface area (Å²) in [6.07, 6.45) is 4.77. The molecule has 0 aromatic heterocycles. The Hall–Kier alpha value is -0.220. The summed E-state index contributed by atoms with van der Waals surface area (Å²) in [4.78, 5) is 11.8. The zero-order chi connectivity index (χ0) is 10.5. The van der Waals surface area contributed by atoms with E-state index in [-0.39, 0.29) is 11.2 Å². The highest BCUT2D eigenvalue weighted by molar-refractivity contribution is 8.00. The standard InChI is InChI=1S/C11H20N2OS/c14-11(10-3-1-2-6-15-10)13-8-9-4-5-12-7-9/h9-10,12H,1-8H2,(H,13,14). The molecule has 1 amide bonds. The molecular weight excluding hydrogens is 208 g/mol. The summed E-state index contributed by atoms with van der Waals surface area (Å²) < 4.78 is 0. The molecule has 0 saturated carbocycles. The monoisotopic (exact) mass is 228 g/mol. The summed E-state index contributed by atoms with van der Waals surface area (Å²) in [5.41, 5.74) is 0. The lowest BCUT2D eigenvalue weighted by molar-refractivity contribution is -0.120. The van der Waals surface area contributed by atoms with E-state index in [9.17, 15) is 4.79 Å². The molecule has 2 aliphatic heterocycles. The molecule has 2 fully saturated rings. The van der Waals surface area contributed by atoms with Gasteiger partial charge in [-0.05, 0) is 44.0 Å². The first-order valence-electron chi connectivity index (χ1n) is 5.96. The maximum absolute atomic E-state index is 11.8. The highest BCUT2D eigenvalue weighted by Gasteiger charge is 2.22. The van der Waals surface area contributed by atoms with E-state index < -0.39 is 0 Å². The molecule has 2 unspecified atom stereocenters. The van der Waals surface area contributed by atoms with Gasteiger partial charge in [-0.1, -0.05) is 6.42 Å². The first kappa shape index (κ1) is 11.3. The van der Waals surface area contributed by atoms with Crippen molar-refractivity contribution in [2.24, 2.45) is 5.92 Å². The number of carbonyl (C=O) groups excluding carboxylic acids is 1. The molecule has 2 rings (SSSR count). The maximum atomic E-state index is 11.8. The minimum Gasteiger partial charge on any atom is -0.355 e. The molecule has 0 spiro atoms. The molecule has 0 radical (unpaired) electrons. The summed E-state index contributed by atoms with van der Waals surface area (Å²) in [6.45, 7) is 3.04. The van der Waals surface area contributed by atoms with Crippen LogP contribution in [0.3, 0.4) is 0 Å². The van der Waals surface area contributed by atoms with Crippen molar-refractivity contribution in [3.63, 3.8) is 0 Å². The van der Waals surface area contributed by atoms with E-state index in [4.69, 9.17) is 0 Å². The topological polar surface area (TPSA) is 41.1 Å². The summed E-state index contributed by atoms with van der Waals surface area (Å²) in [5.74, 6) is 2.08. The Morgan fingerprint density at radius 1 is 1.40 bits per heavy atom. The summed E-state index contributed by atoms with van der Waals surface area (Å²) in [7, 11) is 0. The largest absolute Gasteiger partial charge is 0.355 e. The van der Waals surface area contributed by atoms with E-state index in [0.717, 1.165) is 31.8 Å². The number of hydrogen-bond acceptors (Lipinski definition) is 3. The number of thioether (sulfide) groups is 1. The molecule has 2 heterocycles. The molecule has 2 saturated heterocycles. The van der Waals surface area contributed by atoms with Crippen LogP contribution in [0.15, 0.2) is 0 Å². The first-order valence-corrected chi connectivity index (χ1v) is 7.01. The number of amides is 1. The molecule has 86 valence electrons. The van der Waals surface area contributed by atoms with Crippen LogP contribution in [0.25, 0.3) is 0 Å². The van der Waals surface area contributed by atoms with Crippen molar-refractivity contribution < 1.29 is 4.79 Å².